The van der Waals surface area contributed by atoms with E-state index in [0.29, 0.717) is 5.56 Å². The number of benzene rings is 2. The molecule has 0 aliphatic carbocycles. The summed E-state index contributed by atoms with van der Waals surface area (Å²) in [5.41, 5.74) is -0.137. The Labute approximate surface area is 118 Å². The van der Waals surface area contributed by atoms with Crippen molar-refractivity contribution < 1.29 is 22.0 Å². The Morgan fingerprint density at radius 1 is 0.905 bits per heavy atom. The van der Waals surface area contributed by atoms with Gasteiger partial charge >= 0.3 is 6.18 Å². The highest BCUT2D eigenvalue weighted by molar-refractivity contribution is 5.24. The van der Waals surface area contributed by atoms with Gasteiger partial charge in [-0.25, -0.2) is 8.78 Å². The van der Waals surface area contributed by atoms with Crippen LogP contribution in [0.25, 0.3) is 0 Å². The van der Waals surface area contributed by atoms with E-state index in [2.05, 4.69) is 5.32 Å². The van der Waals surface area contributed by atoms with E-state index in [1.807, 2.05) is 0 Å². The van der Waals surface area contributed by atoms with Gasteiger partial charge in [0.1, 0.15) is 6.04 Å². The maximum atomic E-state index is 13.6. The summed E-state index contributed by atoms with van der Waals surface area (Å²) in [4.78, 5) is 0. The lowest BCUT2D eigenvalue weighted by atomic mass is 10.0. The van der Waals surface area contributed by atoms with Gasteiger partial charge in [0.05, 0.1) is 0 Å². The maximum absolute atomic E-state index is 13.6. The minimum absolute atomic E-state index is 0.110. The Morgan fingerprint density at radius 3 is 2.19 bits per heavy atom. The lowest BCUT2D eigenvalue weighted by Gasteiger charge is -2.22. The first-order valence-corrected chi connectivity index (χ1v) is 6.17. The number of rotatable bonds is 4. The molecule has 0 radical (unpaired) electrons. The minimum Gasteiger partial charge on any atom is -0.298 e. The molecular formula is C15H12F5N. The molecule has 1 atom stereocenters. The van der Waals surface area contributed by atoms with Crippen LogP contribution in [0.4, 0.5) is 22.0 Å². The highest BCUT2D eigenvalue weighted by atomic mass is 19.4. The number of alkyl halides is 3. The zero-order chi connectivity index (χ0) is 15.5. The van der Waals surface area contributed by atoms with E-state index in [1.54, 1.807) is 30.3 Å². The Kier molecular flexibility index (Phi) is 4.57. The van der Waals surface area contributed by atoms with Crippen molar-refractivity contribution in [1.82, 2.24) is 5.32 Å². The highest BCUT2D eigenvalue weighted by Crippen LogP contribution is 2.34. The molecule has 0 unspecified atom stereocenters. The van der Waals surface area contributed by atoms with E-state index in [-0.39, 0.29) is 6.54 Å². The molecule has 1 N–H and O–H groups in total. The molecule has 2 rings (SSSR count). The highest BCUT2D eigenvalue weighted by Gasteiger charge is 2.42. The van der Waals surface area contributed by atoms with Crippen LogP contribution >= 0.6 is 0 Å². The summed E-state index contributed by atoms with van der Waals surface area (Å²) in [5, 5.41) is 2.23. The Morgan fingerprint density at radius 2 is 1.57 bits per heavy atom. The Bertz CT molecular complexity index is 595. The molecule has 0 aliphatic heterocycles. The molecule has 0 fully saturated rings. The van der Waals surface area contributed by atoms with Crippen molar-refractivity contribution in [3.05, 3.63) is 71.3 Å². The first-order valence-electron chi connectivity index (χ1n) is 6.17. The zero-order valence-electron chi connectivity index (χ0n) is 10.8. The van der Waals surface area contributed by atoms with Crippen LogP contribution < -0.4 is 5.32 Å². The second-order valence-electron chi connectivity index (χ2n) is 4.48. The summed E-state index contributed by atoms with van der Waals surface area (Å²) in [6.07, 6.45) is -4.73. The van der Waals surface area contributed by atoms with Crippen LogP contribution in [0.1, 0.15) is 17.2 Å². The van der Waals surface area contributed by atoms with E-state index < -0.39 is 29.4 Å². The van der Waals surface area contributed by atoms with E-state index in [1.165, 1.54) is 0 Å². The molecule has 0 aromatic heterocycles. The predicted molar refractivity (Wildman–Crippen MR) is 68.4 cm³/mol. The van der Waals surface area contributed by atoms with Crippen LogP contribution in [0, 0.1) is 11.6 Å². The van der Waals surface area contributed by atoms with Gasteiger partial charge in [-0.05, 0) is 11.6 Å². The summed E-state index contributed by atoms with van der Waals surface area (Å²) < 4.78 is 65.9. The summed E-state index contributed by atoms with van der Waals surface area (Å²) in [6, 6.07) is 8.87. The van der Waals surface area contributed by atoms with Crippen molar-refractivity contribution in [1.29, 1.82) is 0 Å². The first-order chi connectivity index (χ1) is 9.89. The van der Waals surface area contributed by atoms with Crippen molar-refractivity contribution in [2.45, 2.75) is 18.8 Å². The molecule has 0 amide bonds. The molecule has 2 aromatic rings. The number of hydrogen-bond acceptors (Lipinski definition) is 1. The largest absolute Gasteiger partial charge is 0.408 e. The third-order valence-corrected chi connectivity index (χ3v) is 2.97. The average molecular weight is 301 g/mol. The molecule has 0 heterocycles. The first kappa shape index (κ1) is 15.4. The molecule has 6 heteroatoms. The van der Waals surface area contributed by atoms with Crippen molar-refractivity contribution >= 4 is 0 Å². The van der Waals surface area contributed by atoms with Crippen LogP contribution in [0.3, 0.4) is 0 Å². The fourth-order valence-electron chi connectivity index (χ4n) is 1.96. The quantitative estimate of drug-likeness (QED) is 0.827. The lowest BCUT2D eigenvalue weighted by molar-refractivity contribution is -0.158. The Balaban J connectivity index is 2.25. The van der Waals surface area contributed by atoms with Gasteiger partial charge in [-0.1, -0.05) is 42.5 Å². The van der Waals surface area contributed by atoms with Crippen molar-refractivity contribution in [2.75, 3.05) is 0 Å². The van der Waals surface area contributed by atoms with Crippen molar-refractivity contribution in [2.24, 2.45) is 0 Å². The van der Waals surface area contributed by atoms with Gasteiger partial charge in [-0.2, -0.15) is 13.2 Å². The molecule has 0 saturated carbocycles. The van der Waals surface area contributed by atoms with Crippen molar-refractivity contribution in [3.63, 3.8) is 0 Å². The van der Waals surface area contributed by atoms with E-state index in [4.69, 9.17) is 0 Å². The van der Waals surface area contributed by atoms with Crippen molar-refractivity contribution in [3.8, 4) is 0 Å². The van der Waals surface area contributed by atoms with Gasteiger partial charge < -0.3 is 0 Å². The van der Waals surface area contributed by atoms with Gasteiger partial charge in [0.15, 0.2) is 11.6 Å². The predicted octanol–water partition coefficient (Wildman–Crippen LogP) is 4.36. The fraction of sp³-hybridized carbons (Fsp3) is 0.200. The van der Waals surface area contributed by atoms with Crippen LogP contribution in [0.2, 0.25) is 0 Å². The standard InChI is InChI=1S/C15H12F5N/c16-12-8-4-7-11(13(12)17)14(15(18,19)20)21-9-10-5-2-1-3-6-10/h1-8,14,21H,9H2/t14-/m1/s1. The smallest absolute Gasteiger partial charge is 0.298 e. The number of halogens is 5. The minimum atomic E-state index is -4.73. The molecular weight excluding hydrogens is 289 g/mol. The van der Waals surface area contributed by atoms with Crippen LogP contribution in [-0.2, 0) is 6.54 Å². The second-order valence-corrected chi connectivity index (χ2v) is 4.48. The van der Waals surface area contributed by atoms with E-state index in [9.17, 15) is 22.0 Å². The van der Waals surface area contributed by atoms with Crippen LogP contribution in [0.15, 0.2) is 48.5 Å². The lowest BCUT2D eigenvalue weighted by Crippen LogP contribution is -2.34. The third kappa shape index (κ3) is 3.78. The van der Waals surface area contributed by atoms with Crippen LogP contribution in [0.5, 0.6) is 0 Å². The van der Waals surface area contributed by atoms with Gasteiger partial charge in [0, 0.05) is 12.1 Å². The van der Waals surface area contributed by atoms with E-state index >= 15 is 0 Å². The number of hydrogen-bond donors (Lipinski definition) is 1. The summed E-state index contributed by atoms with van der Waals surface area (Å²) in [6.45, 7) is -0.110. The molecule has 1 nitrogen and oxygen atoms in total. The molecule has 0 saturated heterocycles. The number of nitrogens with one attached hydrogen (secondary N) is 1. The average Bonchev–Trinajstić information content (AvgIpc) is 2.43. The van der Waals surface area contributed by atoms with Gasteiger partial charge in [0.2, 0.25) is 0 Å². The summed E-state index contributed by atoms with van der Waals surface area (Å²) >= 11 is 0. The second kappa shape index (κ2) is 6.22. The fourth-order valence-corrected chi connectivity index (χ4v) is 1.96. The SMILES string of the molecule is Fc1cccc([C@@H](NCc2ccccc2)C(F)(F)F)c1F. The molecule has 0 spiro atoms. The monoisotopic (exact) mass is 301 g/mol. The molecule has 112 valence electrons. The molecule has 0 bridgehead atoms. The normalized spacial score (nSPS) is 13.2. The third-order valence-electron chi connectivity index (χ3n) is 2.97. The molecule has 0 aliphatic rings. The molecule has 2 aromatic carbocycles. The topological polar surface area (TPSA) is 12.0 Å². The van der Waals surface area contributed by atoms with Gasteiger partial charge in [-0.15, -0.1) is 0 Å². The summed E-state index contributed by atoms with van der Waals surface area (Å²) in [5.74, 6) is -2.79. The Hall–Kier alpha value is -1.95. The maximum Gasteiger partial charge on any atom is 0.408 e. The summed E-state index contributed by atoms with van der Waals surface area (Å²) in [7, 11) is 0. The zero-order valence-corrected chi connectivity index (χ0v) is 10.8. The van der Waals surface area contributed by atoms with Gasteiger partial charge in [-0.3, -0.25) is 5.32 Å². The van der Waals surface area contributed by atoms with E-state index in [0.717, 1.165) is 18.2 Å². The van der Waals surface area contributed by atoms with Gasteiger partial charge in [0.25, 0.3) is 0 Å². The molecule has 21 heavy (non-hydrogen) atoms. The van der Waals surface area contributed by atoms with Crippen LogP contribution in [-0.4, -0.2) is 6.18 Å².